The summed E-state index contributed by atoms with van der Waals surface area (Å²) in [6.07, 6.45) is 0. The zero-order valence-electron chi connectivity index (χ0n) is 11.4. The monoisotopic (exact) mass is 375 g/mol. The summed E-state index contributed by atoms with van der Waals surface area (Å²) in [7, 11) is 0. The largest absolute Gasteiger partial charge is 0.384 e. The van der Waals surface area contributed by atoms with E-state index in [2.05, 4.69) is 16.9 Å². The number of hydrogen-bond acceptors (Lipinski definition) is 2. The zero-order valence-corrected chi connectivity index (χ0v) is 13.7. The Bertz CT molecular complexity index is 430. The van der Waals surface area contributed by atoms with Crippen molar-refractivity contribution in [2.75, 3.05) is 13.1 Å². The number of nitrogens with zero attached hydrogens (tertiary/aromatic N) is 1. The molecule has 4 nitrogen and oxygen atoms in total. The Hall–Kier alpha value is -1.08. The van der Waals surface area contributed by atoms with Gasteiger partial charge in [-0.1, -0.05) is 42.5 Å². The number of benzene rings is 1. The van der Waals surface area contributed by atoms with Gasteiger partial charge < -0.3 is 16.2 Å². The summed E-state index contributed by atoms with van der Waals surface area (Å²) in [4.78, 5) is 4.14. The first-order chi connectivity index (χ1) is 8.42. The molecule has 1 aromatic carbocycles. The Morgan fingerprint density at radius 3 is 2.53 bits per heavy atom. The smallest absolute Gasteiger partial charge is 0.188 e. The predicted octanol–water partition coefficient (Wildman–Crippen LogP) is 1.99. The standard InChI is InChI=1S/C14H21N3O.HI/c1-11(2)9-16-13(15)17-10-14(3,18)12-7-5-4-6-8-12;/h4-8,18H,1,9-10H2,2-3H3,(H3,15,16,17);1H. The van der Waals surface area contributed by atoms with Crippen molar-refractivity contribution in [3.8, 4) is 0 Å². The van der Waals surface area contributed by atoms with E-state index in [9.17, 15) is 5.11 Å². The van der Waals surface area contributed by atoms with Crippen LogP contribution in [0.1, 0.15) is 19.4 Å². The van der Waals surface area contributed by atoms with Crippen molar-refractivity contribution in [3.05, 3.63) is 48.0 Å². The fourth-order valence-corrected chi connectivity index (χ4v) is 1.42. The predicted molar refractivity (Wildman–Crippen MR) is 90.7 cm³/mol. The van der Waals surface area contributed by atoms with Crippen LogP contribution in [-0.4, -0.2) is 24.2 Å². The minimum absolute atomic E-state index is 0. The van der Waals surface area contributed by atoms with Crippen molar-refractivity contribution in [1.82, 2.24) is 5.32 Å². The molecule has 1 atom stereocenters. The molecule has 0 bridgehead atoms. The highest BCUT2D eigenvalue weighted by molar-refractivity contribution is 14.0. The van der Waals surface area contributed by atoms with E-state index in [1.165, 1.54) is 0 Å². The maximum Gasteiger partial charge on any atom is 0.188 e. The lowest BCUT2D eigenvalue weighted by molar-refractivity contribution is 0.0673. The lowest BCUT2D eigenvalue weighted by Crippen LogP contribution is -2.35. The van der Waals surface area contributed by atoms with Crippen LogP contribution < -0.4 is 11.1 Å². The molecule has 106 valence electrons. The number of halogens is 1. The molecule has 0 amide bonds. The molecule has 0 radical (unpaired) electrons. The van der Waals surface area contributed by atoms with Crippen molar-refractivity contribution in [2.24, 2.45) is 10.7 Å². The SMILES string of the molecule is C=C(C)CNC(N)=NCC(C)(O)c1ccccc1.I. The van der Waals surface area contributed by atoms with Crippen LogP contribution in [0.5, 0.6) is 0 Å². The van der Waals surface area contributed by atoms with Crippen LogP contribution >= 0.6 is 24.0 Å². The van der Waals surface area contributed by atoms with Crippen molar-refractivity contribution >= 4 is 29.9 Å². The Labute approximate surface area is 131 Å². The fourth-order valence-electron chi connectivity index (χ4n) is 1.42. The van der Waals surface area contributed by atoms with Crippen LogP contribution in [0.2, 0.25) is 0 Å². The average molecular weight is 375 g/mol. The van der Waals surface area contributed by atoms with Crippen LogP contribution in [-0.2, 0) is 5.60 Å². The molecule has 0 aromatic heterocycles. The molecule has 5 heteroatoms. The summed E-state index contributed by atoms with van der Waals surface area (Å²) in [5.41, 5.74) is 6.47. The molecule has 0 aliphatic carbocycles. The quantitative estimate of drug-likeness (QED) is 0.319. The molecule has 1 rings (SSSR count). The highest BCUT2D eigenvalue weighted by atomic mass is 127. The highest BCUT2D eigenvalue weighted by Gasteiger charge is 2.22. The van der Waals surface area contributed by atoms with Crippen LogP contribution in [0.15, 0.2) is 47.5 Å². The van der Waals surface area contributed by atoms with E-state index in [4.69, 9.17) is 5.73 Å². The van der Waals surface area contributed by atoms with Crippen LogP contribution in [0.3, 0.4) is 0 Å². The molecule has 4 N–H and O–H groups in total. The van der Waals surface area contributed by atoms with E-state index in [1.54, 1.807) is 6.92 Å². The van der Waals surface area contributed by atoms with Gasteiger partial charge in [0, 0.05) is 6.54 Å². The van der Waals surface area contributed by atoms with Gasteiger partial charge >= 0.3 is 0 Å². The summed E-state index contributed by atoms with van der Waals surface area (Å²) in [6.45, 7) is 8.18. The maximum atomic E-state index is 10.3. The van der Waals surface area contributed by atoms with Gasteiger partial charge in [-0.3, -0.25) is 4.99 Å². The molecule has 1 aromatic rings. The van der Waals surface area contributed by atoms with Crippen molar-refractivity contribution in [3.63, 3.8) is 0 Å². The van der Waals surface area contributed by atoms with Gasteiger partial charge in [0.15, 0.2) is 5.96 Å². The van der Waals surface area contributed by atoms with Gasteiger partial charge in [0.05, 0.1) is 6.54 Å². The van der Waals surface area contributed by atoms with Crippen LogP contribution in [0, 0.1) is 0 Å². The second kappa shape index (κ2) is 8.16. The lowest BCUT2D eigenvalue weighted by Gasteiger charge is -2.21. The first kappa shape index (κ1) is 17.9. The zero-order chi connectivity index (χ0) is 13.6. The van der Waals surface area contributed by atoms with E-state index in [1.807, 2.05) is 37.3 Å². The van der Waals surface area contributed by atoms with Gasteiger partial charge in [-0.25, -0.2) is 0 Å². The van der Waals surface area contributed by atoms with Gasteiger partial charge in [-0.2, -0.15) is 0 Å². The molecule has 0 aliphatic rings. The number of nitrogens with one attached hydrogen (secondary N) is 1. The molecule has 0 saturated carbocycles. The van der Waals surface area contributed by atoms with Gasteiger partial charge in [0.2, 0.25) is 0 Å². The number of nitrogens with two attached hydrogens (primary N) is 1. The summed E-state index contributed by atoms with van der Waals surface area (Å²) >= 11 is 0. The van der Waals surface area contributed by atoms with Gasteiger partial charge in [-0.15, -0.1) is 24.0 Å². The first-order valence-electron chi connectivity index (χ1n) is 5.88. The molecule has 1 unspecified atom stereocenters. The number of guanidine groups is 1. The number of aliphatic hydroxyl groups is 1. The number of hydrogen-bond donors (Lipinski definition) is 3. The molecule has 0 saturated heterocycles. The lowest BCUT2D eigenvalue weighted by atomic mass is 9.96. The summed E-state index contributed by atoms with van der Waals surface area (Å²) in [5.74, 6) is 0.314. The van der Waals surface area contributed by atoms with Crippen LogP contribution in [0.4, 0.5) is 0 Å². The third kappa shape index (κ3) is 6.58. The molecule has 0 aliphatic heterocycles. The van der Waals surface area contributed by atoms with E-state index >= 15 is 0 Å². The maximum absolute atomic E-state index is 10.3. The topological polar surface area (TPSA) is 70.6 Å². The Morgan fingerprint density at radius 2 is 2.00 bits per heavy atom. The van der Waals surface area contributed by atoms with Gasteiger partial charge in [0.1, 0.15) is 5.60 Å². The van der Waals surface area contributed by atoms with Crippen LogP contribution in [0.25, 0.3) is 0 Å². The molecule has 0 heterocycles. The van der Waals surface area contributed by atoms with Gasteiger partial charge in [-0.05, 0) is 19.4 Å². The Balaban J connectivity index is 0.00000324. The summed E-state index contributed by atoms with van der Waals surface area (Å²) in [5, 5.41) is 13.2. The Kier molecular flexibility index (Phi) is 7.70. The van der Waals surface area contributed by atoms with Crippen molar-refractivity contribution in [2.45, 2.75) is 19.4 Å². The average Bonchev–Trinajstić information content (AvgIpc) is 2.35. The van der Waals surface area contributed by atoms with E-state index in [0.29, 0.717) is 12.5 Å². The van der Waals surface area contributed by atoms with E-state index < -0.39 is 5.60 Å². The fraction of sp³-hybridized carbons (Fsp3) is 0.357. The van der Waals surface area contributed by atoms with Crippen molar-refractivity contribution < 1.29 is 5.11 Å². The Morgan fingerprint density at radius 1 is 1.42 bits per heavy atom. The summed E-state index contributed by atoms with van der Waals surface area (Å²) < 4.78 is 0. The van der Waals surface area contributed by atoms with E-state index in [-0.39, 0.29) is 30.5 Å². The minimum Gasteiger partial charge on any atom is -0.384 e. The normalized spacial score (nSPS) is 14.2. The third-order valence-corrected chi connectivity index (χ3v) is 2.52. The number of aliphatic imine (C=N–C) groups is 1. The second-order valence-electron chi connectivity index (χ2n) is 4.65. The molecular weight excluding hydrogens is 353 g/mol. The summed E-state index contributed by atoms with van der Waals surface area (Å²) in [6, 6.07) is 9.41. The molecule has 0 fully saturated rings. The molecule has 19 heavy (non-hydrogen) atoms. The minimum atomic E-state index is -1.02. The molecule has 0 spiro atoms. The first-order valence-corrected chi connectivity index (χ1v) is 5.88. The van der Waals surface area contributed by atoms with Gasteiger partial charge in [0.25, 0.3) is 0 Å². The van der Waals surface area contributed by atoms with E-state index in [0.717, 1.165) is 11.1 Å². The number of rotatable bonds is 5. The van der Waals surface area contributed by atoms with Crippen molar-refractivity contribution in [1.29, 1.82) is 0 Å². The highest BCUT2D eigenvalue weighted by Crippen LogP contribution is 2.20. The molecular formula is C14H22IN3O. The third-order valence-electron chi connectivity index (χ3n) is 2.52. The second-order valence-corrected chi connectivity index (χ2v) is 4.65.